The van der Waals surface area contributed by atoms with Gasteiger partial charge in [0.05, 0.1) is 0 Å². The van der Waals surface area contributed by atoms with E-state index in [1.165, 1.54) is 0 Å². The van der Waals surface area contributed by atoms with Crippen molar-refractivity contribution in [3.05, 3.63) is 13.2 Å². The Hall–Kier alpha value is 3.00. The van der Waals surface area contributed by atoms with Crippen LogP contribution in [0.1, 0.15) is 0 Å². The summed E-state index contributed by atoms with van der Waals surface area (Å²) in [6.45, 7) is 6.00. The molecule has 0 fully saturated rings. The molecular weight excluding hydrogens is 110 g/mol. The molecule has 0 unspecified atom stereocenters. The van der Waals surface area contributed by atoms with E-state index >= 15 is 0 Å². The van der Waals surface area contributed by atoms with Crippen LogP contribution in [0.2, 0.25) is 0 Å². The minimum absolute atomic E-state index is 0. The van der Waals surface area contributed by atoms with Crippen molar-refractivity contribution in [1.29, 1.82) is 0 Å². The normalized spacial score (nSPS) is 0.800. The second kappa shape index (κ2) is 28.0. The summed E-state index contributed by atoms with van der Waals surface area (Å²) in [6, 6.07) is 0. The molecule has 0 N–H and O–H groups in total. The maximum absolute atomic E-state index is 3.00. The van der Waals surface area contributed by atoms with E-state index in [1.54, 1.807) is 0 Å². The molecule has 0 nitrogen and oxygen atoms in total. The molecule has 0 aromatic rings. The summed E-state index contributed by atoms with van der Waals surface area (Å²) in [5.74, 6) is 0. The van der Waals surface area contributed by atoms with Crippen molar-refractivity contribution in [2.24, 2.45) is 0 Å². The molecule has 0 bridgehead atoms. The van der Waals surface area contributed by atoms with Crippen LogP contribution in [0.5, 0.6) is 0 Å². The molecule has 0 aliphatic heterocycles. The zero-order valence-electron chi connectivity index (χ0n) is 4.12. The van der Waals surface area contributed by atoms with Crippen molar-refractivity contribution in [1.82, 2.24) is 0 Å². The third-order valence-corrected chi connectivity index (χ3v) is 0. The van der Waals surface area contributed by atoms with E-state index in [9.17, 15) is 0 Å². The van der Waals surface area contributed by atoms with Gasteiger partial charge in [0, 0.05) is 96.9 Å². The Bertz CT molecular complexity index is 7.61. The quantitative estimate of drug-likeness (QED) is 0.298. The third kappa shape index (κ3) is 19.4. The maximum atomic E-state index is 3.00. The molecule has 5 heavy (non-hydrogen) atoms. The average molecular weight is 114 g/mol. The van der Waals surface area contributed by atoms with Crippen LogP contribution in [0.15, 0.2) is 13.2 Å². The summed E-state index contributed by atoms with van der Waals surface area (Å²) in [5.41, 5.74) is 0. The average Bonchev–Trinajstić information content (AvgIpc) is 1.00. The Morgan fingerprint density at radius 1 is 0.800 bits per heavy atom. The minimum Gasteiger partial charge on any atom is -0.106 e. The van der Waals surface area contributed by atoms with Gasteiger partial charge in [-0.1, -0.05) is 0 Å². The predicted octanol–water partition coefficient (Wildman–Crippen LogP) is -0.340. The van der Waals surface area contributed by atoms with Gasteiger partial charge in [0.1, 0.15) is 0 Å². The molecule has 4 radical (unpaired) electrons. The molecule has 0 spiro atoms. The molecule has 0 aromatic carbocycles. The molecule has 0 aliphatic carbocycles. The molecule has 0 aliphatic rings. The number of hydrogen-bond acceptors (Lipinski definition) is 0. The first-order chi connectivity index (χ1) is 1.00. The van der Waals surface area contributed by atoms with E-state index in [-0.39, 0.29) is 96.9 Å². The summed E-state index contributed by atoms with van der Waals surface area (Å²) >= 11 is 0. The molecule has 3 heteroatoms. The molecule has 0 heterocycles. The van der Waals surface area contributed by atoms with Gasteiger partial charge >= 0.3 is 0 Å². The van der Waals surface area contributed by atoms with E-state index in [0.29, 0.717) is 0 Å². The topological polar surface area (TPSA) is 0 Å². The molecule has 0 amide bonds. The Balaban J connectivity index is -0.00000000167. The second-order valence-electron chi connectivity index (χ2n) is 0. The van der Waals surface area contributed by atoms with E-state index in [1.807, 2.05) is 0 Å². The van der Waals surface area contributed by atoms with Crippen molar-refractivity contribution < 1.29 is 0 Å². The first kappa shape index (κ1) is 24.5. The fourth-order valence-corrected chi connectivity index (χ4v) is 0. The summed E-state index contributed by atoms with van der Waals surface area (Å²) in [5, 5.41) is 0. The monoisotopic (exact) mass is 114 g/mol. The van der Waals surface area contributed by atoms with E-state index in [2.05, 4.69) is 13.2 Å². The smallest absolute Gasteiger partial charge is 0 e. The summed E-state index contributed by atoms with van der Waals surface area (Å²) < 4.78 is 0. The van der Waals surface area contributed by atoms with Crippen molar-refractivity contribution in [3.63, 3.8) is 0 Å². The Morgan fingerprint density at radius 2 is 0.800 bits per heavy atom. The van der Waals surface area contributed by atoms with Gasteiger partial charge in [-0.25, -0.2) is 0 Å². The number of hydrogen-bond donors (Lipinski definition) is 0. The van der Waals surface area contributed by atoms with Gasteiger partial charge in [-0.05, 0) is 0 Å². The van der Waals surface area contributed by atoms with Gasteiger partial charge in [0.25, 0.3) is 0 Å². The van der Waals surface area contributed by atoms with Gasteiger partial charge in [-0.2, -0.15) is 0 Å². The van der Waals surface area contributed by atoms with Crippen LogP contribution in [0.3, 0.4) is 0 Å². The SMILES string of the molecule is C=C.[Ca].[Na].[Na]. The first-order valence-corrected chi connectivity index (χ1v) is 0.500. The van der Waals surface area contributed by atoms with Crippen LogP contribution < -0.4 is 0 Å². The van der Waals surface area contributed by atoms with Gasteiger partial charge in [-0.3, -0.25) is 0 Å². The number of rotatable bonds is 0. The Kier molecular flexibility index (Phi) is 137. The van der Waals surface area contributed by atoms with Crippen molar-refractivity contribution >= 4 is 96.9 Å². The zero-order chi connectivity index (χ0) is 2.00. The van der Waals surface area contributed by atoms with Gasteiger partial charge < -0.3 is 0 Å². The van der Waals surface area contributed by atoms with Crippen LogP contribution in [-0.2, 0) is 0 Å². The third-order valence-electron chi connectivity index (χ3n) is 0. The largest absolute Gasteiger partial charge is 0.106 e. The first-order valence-electron chi connectivity index (χ1n) is 0.500. The van der Waals surface area contributed by atoms with Gasteiger partial charge in [0.2, 0.25) is 0 Å². The van der Waals surface area contributed by atoms with E-state index in [0.717, 1.165) is 0 Å². The molecule has 16 valence electrons. The minimum atomic E-state index is 0. The molecule has 0 aromatic heterocycles. The van der Waals surface area contributed by atoms with Crippen molar-refractivity contribution in [3.8, 4) is 0 Å². The zero-order valence-corrected chi connectivity index (χ0v) is 10.3. The summed E-state index contributed by atoms with van der Waals surface area (Å²) in [6.07, 6.45) is 0. The fraction of sp³-hybridized carbons (Fsp3) is 0. The molecule has 0 saturated heterocycles. The van der Waals surface area contributed by atoms with Gasteiger partial charge in [0.15, 0.2) is 0 Å². The molecule has 0 atom stereocenters. The van der Waals surface area contributed by atoms with Crippen LogP contribution in [-0.4, -0.2) is 96.9 Å². The Labute approximate surface area is 107 Å². The second-order valence-corrected chi connectivity index (χ2v) is 0. The van der Waals surface area contributed by atoms with Crippen LogP contribution in [0.4, 0.5) is 0 Å². The fourth-order valence-electron chi connectivity index (χ4n) is 0. The van der Waals surface area contributed by atoms with E-state index in [4.69, 9.17) is 0 Å². The summed E-state index contributed by atoms with van der Waals surface area (Å²) in [7, 11) is 0. The Morgan fingerprint density at radius 3 is 0.800 bits per heavy atom. The van der Waals surface area contributed by atoms with Gasteiger partial charge in [-0.15, -0.1) is 13.2 Å². The van der Waals surface area contributed by atoms with Crippen LogP contribution in [0.25, 0.3) is 0 Å². The predicted molar refractivity (Wildman–Crippen MR) is 28.5 cm³/mol. The van der Waals surface area contributed by atoms with Crippen LogP contribution >= 0.6 is 0 Å². The standard InChI is InChI=1S/C2H4.Ca.2Na/c1-2;;;/h1-2H2;;;. The molecule has 0 rings (SSSR count). The molecular formula is C2H4CaNa2. The molecule has 0 saturated carbocycles. The summed E-state index contributed by atoms with van der Waals surface area (Å²) in [4.78, 5) is 0. The van der Waals surface area contributed by atoms with Crippen molar-refractivity contribution in [2.75, 3.05) is 0 Å². The van der Waals surface area contributed by atoms with Crippen molar-refractivity contribution in [2.45, 2.75) is 0 Å². The van der Waals surface area contributed by atoms with Crippen LogP contribution in [0, 0.1) is 0 Å². The van der Waals surface area contributed by atoms with E-state index < -0.39 is 0 Å². The maximum Gasteiger partial charge on any atom is 0 e.